The second-order valence-electron chi connectivity index (χ2n) is 8.70. The van der Waals surface area contributed by atoms with Gasteiger partial charge < -0.3 is 19.9 Å². The van der Waals surface area contributed by atoms with Crippen LogP contribution in [-0.2, 0) is 16.0 Å². The van der Waals surface area contributed by atoms with Gasteiger partial charge in [-0.3, -0.25) is 9.59 Å². The molecule has 3 aromatic rings. The largest absolute Gasteiger partial charge is 0.383 e. The fraction of sp³-hybridized carbons (Fsp3) is 0.360. The van der Waals surface area contributed by atoms with Crippen molar-refractivity contribution in [3.63, 3.8) is 0 Å². The molecular weight excluding hydrogens is 445 g/mol. The van der Waals surface area contributed by atoms with Gasteiger partial charge in [0.25, 0.3) is 5.91 Å². The van der Waals surface area contributed by atoms with Gasteiger partial charge in [-0.1, -0.05) is 24.3 Å². The topological polar surface area (TPSA) is 74.4 Å². The normalized spacial score (nSPS) is 20.0. The Morgan fingerprint density at radius 2 is 2.03 bits per heavy atom. The molecule has 1 fully saturated rings. The molecule has 8 heteroatoms. The van der Waals surface area contributed by atoms with Gasteiger partial charge in [-0.15, -0.1) is 11.6 Å². The Labute approximate surface area is 196 Å². The molecule has 0 radical (unpaired) electrons. The lowest BCUT2D eigenvalue weighted by Gasteiger charge is -2.42. The van der Waals surface area contributed by atoms with Crippen molar-refractivity contribution in [2.45, 2.75) is 37.4 Å². The van der Waals surface area contributed by atoms with Crippen molar-refractivity contribution in [1.82, 2.24) is 15.2 Å². The SMILES string of the molecule is COCC1Cc2c([nH]c3ccccc23)[C@H](c2ccc(C(=O)NC3CC3)cc2F)N1C(=O)CCl. The van der Waals surface area contributed by atoms with E-state index in [1.54, 1.807) is 24.1 Å². The molecule has 1 saturated carbocycles. The smallest absolute Gasteiger partial charge is 0.251 e. The van der Waals surface area contributed by atoms with Gasteiger partial charge in [0.1, 0.15) is 17.7 Å². The molecule has 0 bridgehead atoms. The summed E-state index contributed by atoms with van der Waals surface area (Å²) in [5.41, 5.74) is 3.29. The van der Waals surface area contributed by atoms with Crippen LogP contribution in [0.2, 0.25) is 0 Å². The number of fused-ring (bicyclic) bond motifs is 3. The van der Waals surface area contributed by atoms with E-state index < -0.39 is 11.9 Å². The molecule has 172 valence electrons. The third-order valence-corrected chi connectivity index (χ3v) is 6.69. The van der Waals surface area contributed by atoms with Crippen LogP contribution in [0.5, 0.6) is 0 Å². The molecule has 1 unspecified atom stereocenters. The van der Waals surface area contributed by atoms with Crippen molar-refractivity contribution in [3.05, 3.63) is 70.7 Å². The van der Waals surface area contributed by atoms with Gasteiger partial charge in [0.05, 0.1) is 12.6 Å². The number of aromatic nitrogens is 1. The van der Waals surface area contributed by atoms with Gasteiger partial charge in [-0.05, 0) is 43.0 Å². The summed E-state index contributed by atoms with van der Waals surface area (Å²) in [5.74, 6) is -1.36. The Kier molecular flexibility index (Phi) is 5.85. The number of aromatic amines is 1. The van der Waals surface area contributed by atoms with Crippen LogP contribution in [0.4, 0.5) is 4.39 Å². The lowest BCUT2D eigenvalue weighted by atomic mass is 9.87. The summed E-state index contributed by atoms with van der Waals surface area (Å²) in [4.78, 5) is 30.5. The van der Waals surface area contributed by atoms with E-state index in [1.807, 2.05) is 24.3 Å². The monoisotopic (exact) mass is 469 g/mol. The van der Waals surface area contributed by atoms with E-state index >= 15 is 4.39 Å². The number of hydrogen-bond acceptors (Lipinski definition) is 3. The molecule has 0 saturated heterocycles. The number of benzene rings is 2. The van der Waals surface area contributed by atoms with E-state index in [0.29, 0.717) is 18.6 Å². The van der Waals surface area contributed by atoms with E-state index in [4.69, 9.17) is 16.3 Å². The lowest BCUT2D eigenvalue weighted by Crippen LogP contribution is -2.50. The Morgan fingerprint density at radius 3 is 2.73 bits per heavy atom. The Hall–Kier alpha value is -2.90. The van der Waals surface area contributed by atoms with Crippen LogP contribution in [-0.4, -0.2) is 53.4 Å². The highest BCUT2D eigenvalue weighted by Gasteiger charge is 2.41. The molecule has 1 aliphatic carbocycles. The maximum Gasteiger partial charge on any atom is 0.251 e. The summed E-state index contributed by atoms with van der Waals surface area (Å²) in [6.45, 7) is 0.293. The highest BCUT2D eigenvalue weighted by molar-refractivity contribution is 6.27. The third kappa shape index (κ3) is 4.00. The van der Waals surface area contributed by atoms with Crippen molar-refractivity contribution in [2.75, 3.05) is 19.6 Å². The summed E-state index contributed by atoms with van der Waals surface area (Å²) in [5, 5.41) is 3.92. The predicted octanol–water partition coefficient (Wildman–Crippen LogP) is 3.93. The lowest BCUT2D eigenvalue weighted by molar-refractivity contribution is -0.134. The zero-order chi connectivity index (χ0) is 23.1. The number of carbonyl (C=O) groups excluding carboxylic acids is 2. The van der Waals surface area contributed by atoms with Crippen molar-refractivity contribution in [1.29, 1.82) is 0 Å². The van der Waals surface area contributed by atoms with E-state index in [1.165, 1.54) is 6.07 Å². The van der Waals surface area contributed by atoms with E-state index in [9.17, 15) is 9.59 Å². The molecule has 1 aliphatic heterocycles. The molecule has 2 atom stereocenters. The summed E-state index contributed by atoms with van der Waals surface area (Å²) >= 11 is 5.98. The number of hydrogen-bond donors (Lipinski definition) is 2. The summed E-state index contributed by atoms with van der Waals surface area (Å²) in [6.07, 6.45) is 2.47. The summed E-state index contributed by atoms with van der Waals surface area (Å²) in [6, 6.07) is 11.5. The molecule has 5 rings (SSSR count). The number of amides is 2. The molecular formula is C25H25ClFN3O3. The molecule has 0 spiro atoms. The van der Waals surface area contributed by atoms with Crippen LogP contribution < -0.4 is 5.32 Å². The van der Waals surface area contributed by atoms with Gasteiger partial charge >= 0.3 is 0 Å². The zero-order valence-corrected chi connectivity index (χ0v) is 19.0. The summed E-state index contributed by atoms with van der Waals surface area (Å²) < 4.78 is 21.0. The van der Waals surface area contributed by atoms with Crippen LogP contribution in [0.15, 0.2) is 42.5 Å². The van der Waals surface area contributed by atoms with Crippen LogP contribution >= 0.6 is 11.6 Å². The standard InChI is InChI=1S/C25H25ClFN3O3/c1-33-13-16-11-19-17-4-2-3-5-21(17)29-23(19)24(30(16)22(31)12-26)18-9-6-14(10-20(18)27)25(32)28-15-7-8-15/h2-6,9-10,15-16,24,29H,7-8,11-13H2,1H3,(H,28,32)/t16?,24-/m0/s1. The minimum absolute atomic E-state index is 0.180. The van der Waals surface area contributed by atoms with Crippen molar-refractivity contribution >= 4 is 34.3 Å². The maximum atomic E-state index is 15.6. The number of rotatable bonds is 6. The molecule has 6 nitrogen and oxygen atoms in total. The first kappa shape index (κ1) is 21.9. The van der Waals surface area contributed by atoms with Crippen molar-refractivity contribution < 1.29 is 18.7 Å². The Bertz CT molecular complexity index is 1220. The molecule has 2 aliphatic rings. The Balaban J connectivity index is 1.63. The maximum absolute atomic E-state index is 15.6. The van der Waals surface area contributed by atoms with E-state index in [0.717, 1.165) is 35.0 Å². The predicted molar refractivity (Wildman–Crippen MR) is 124 cm³/mol. The third-order valence-electron chi connectivity index (χ3n) is 6.46. The van der Waals surface area contributed by atoms with Gasteiger partial charge in [0.15, 0.2) is 0 Å². The van der Waals surface area contributed by atoms with Gasteiger partial charge in [0.2, 0.25) is 5.91 Å². The molecule has 2 aromatic carbocycles. The average molecular weight is 470 g/mol. The number of alkyl halides is 1. The average Bonchev–Trinajstić information content (AvgIpc) is 3.56. The highest BCUT2D eigenvalue weighted by atomic mass is 35.5. The number of nitrogens with one attached hydrogen (secondary N) is 2. The molecule has 33 heavy (non-hydrogen) atoms. The van der Waals surface area contributed by atoms with Crippen LogP contribution in [0.1, 0.15) is 46.1 Å². The second kappa shape index (κ2) is 8.80. The van der Waals surface area contributed by atoms with Gasteiger partial charge in [-0.25, -0.2) is 4.39 Å². The van der Waals surface area contributed by atoms with Crippen LogP contribution in [0.3, 0.4) is 0 Å². The first-order chi connectivity index (χ1) is 16.0. The highest BCUT2D eigenvalue weighted by Crippen LogP contribution is 2.42. The number of nitrogens with zero attached hydrogens (tertiary/aromatic N) is 1. The van der Waals surface area contributed by atoms with Crippen LogP contribution in [0, 0.1) is 5.82 Å². The number of H-pyrrole nitrogens is 1. The van der Waals surface area contributed by atoms with Crippen molar-refractivity contribution in [3.8, 4) is 0 Å². The molecule has 1 aromatic heterocycles. The Morgan fingerprint density at radius 1 is 1.24 bits per heavy atom. The minimum Gasteiger partial charge on any atom is -0.383 e. The summed E-state index contributed by atoms with van der Waals surface area (Å²) in [7, 11) is 1.58. The quantitative estimate of drug-likeness (QED) is 0.537. The minimum atomic E-state index is -0.715. The number of ether oxygens (including phenoxy) is 1. The number of halogens is 2. The van der Waals surface area contributed by atoms with E-state index in [-0.39, 0.29) is 35.3 Å². The second-order valence-corrected chi connectivity index (χ2v) is 8.96. The van der Waals surface area contributed by atoms with Gasteiger partial charge in [-0.2, -0.15) is 0 Å². The number of para-hydroxylation sites is 1. The molecule has 2 amide bonds. The first-order valence-corrected chi connectivity index (χ1v) is 11.6. The van der Waals surface area contributed by atoms with Crippen molar-refractivity contribution in [2.24, 2.45) is 0 Å². The van der Waals surface area contributed by atoms with Gasteiger partial charge in [0, 0.05) is 40.9 Å². The van der Waals surface area contributed by atoms with Crippen LogP contribution in [0.25, 0.3) is 10.9 Å². The first-order valence-electron chi connectivity index (χ1n) is 11.1. The van der Waals surface area contributed by atoms with E-state index in [2.05, 4.69) is 10.3 Å². The number of methoxy groups -OCH3 is 1. The fourth-order valence-electron chi connectivity index (χ4n) is 4.80. The fourth-order valence-corrected chi connectivity index (χ4v) is 4.94. The zero-order valence-electron chi connectivity index (χ0n) is 18.2. The molecule has 2 heterocycles. The number of carbonyl (C=O) groups is 2. The molecule has 2 N–H and O–H groups in total.